The first kappa shape index (κ1) is 11.5. The average molecular weight is 228 g/mol. The third kappa shape index (κ3) is 1.65. The Labute approximate surface area is 86.7 Å². The molecule has 10 heteroatoms. The smallest absolute Gasteiger partial charge is 0.386 e. The monoisotopic (exact) mass is 228 g/mol. The Kier molecular flexibility index (Phi) is 2.79. The summed E-state index contributed by atoms with van der Waals surface area (Å²) >= 11 is 0. The Balaban J connectivity index is 3.49. The summed E-state index contributed by atoms with van der Waals surface area (Å²) in [5, 5.41) is 39.3. The number of nitrogens with zero attached hydrogens (tertiary/aromatic N) is 4. The van der Waals surface area contributed by atoms with Crippen molar-refractivity contribution in [2.75, 3.05) is 0 Å². The Morgan fingerprint density at radius 1 is 1.38 bits per heavy atom. The number of hydrogen-bond acceptors (Lipinski definition) is 6. The lowest BCUT2D eigenvalue weighted by atomic mass is 10.0. The molecule has 0 fully saturated rings. The number of aliphatic hydroxyl groups excluding tert-OH is 2. The maximum atomic E-state index is 10.5. The molecule has 1 atom stereocenters. The topological polar surface area (TPSA) is 163 Å². The van der Waals surface area contributed by atoms with Gasteiger partial charge in [0.1, 0.15) is 6.08 Å². The van der Waals surface area contributed by atoms with Gasteiger partial charge in [0.15, 0.2) is 0 Å². The van der Waals surface area contributed by atoms with Crippen LogP contribution < -0.4 is 0 Å². The van der Waals surface area contributed by atoms with Crippen LogP contribution in [0.1, 0.15) is 0 Å². The standard InChI is InChI=1S/C6H4N4O6/c7-8-2-1-3(9(13)14)4(10(15)16)6(12)5(2)11/h1,5,11-12H. The lowest BCUT2D eigenvalue weighted by molar-refractivity contribution is -0.482. The molecule has 0 spiro atoms. The molecule has 0 aromatic heterocycles. The summed E-state index contributed by atoms with van der Waals surface area (Å²) in [6, 6.07) is 0. The van der Waals surface area contributed by atoms with Gasteiger partial charge in [0.2, 0.25) is 11.9 Å². The average Bonchev–Trinajstić information content (AvgIpc) is 2.20. The number of hydrogen-bond donors (Lipinski definition) is 2. The van der Waals surface area contributed by atoms with Crippen molar-refractivity contribution in [1.82, 2.24) is 0 Å². The SMILES string of the molecule is [N-]=[N+]=C1C=C([N+](=O)[O-])C([N+](=O)[O-])=C(O)C1O. The maximum Gasteiger partial charge on any atom is 0.386 e. The van der Waals surface area contributed by atoms with Crippen LogP contribution in [0, 0.1) is 20.2 Å². The second-order valence-electron chi connectivity index (χ2n) is 2.71. The molecule has 0 aromatic rings. The van der Waals surface area contributed by atoms with Crippen molar-refractivity contribution in [2.24, 2.45) is 0 Å². The molecular formula is C6H4N4O6. The Bertz CT molecular complexity index is 485. The van der Waals surface area contributed by atoms with Crippen LogP contribution in [0.3, 0.4) is 0 Å². The van der Waals surface area contributed by atoms with E-state index in [9.17, 15) is 30.4 Å². The minimum atomic E-state index is -1.96. The number of nitro groups is 2. The highest BCUT2D eigenvalue weighted by molar-refractivity contribution is 5.98. The van der Waals surface area contributed by atoms with E-state index < -0.39 is 38.8 Å². The number of aliphatic hydroxyl groups is 2. The molecule has 0 bridgehead atoms. The molecule has 10 nitrogen and oxygen atoms in total. The Morgan fingerprint density at radius 3 is 2.31 bits per heavy atom. The van der Waals surface area contributed by atoms with Gasteiger partial charge in [0.25, 0.3) is 0 Å². The molecule has 0 saturated carbocycles. The van der Waals surface area contributed by atoms with Crippen molar-refractivity contribution in [3.05, 3.63) is 49.0 Å². The third-order valence-corrected chi connectivity index (χ3v) is 1.80. The summed E-state index contributed by atoms with van der Waals surface area (Å²) < 4.78 is 0. The zero-order chi connectivity index (χ0) is 12.5. The summed E-state index contributed by atoms with van der Waals surface area (Å²) in [5.74, 6) is -1.24. The lowest BCUT2D eigenvalue weighted by Gasteiger charge is -2.07. The van der Waals surface area contributed by atoms with Crippen LogP contribution in [-0.2, 0) is 0 Å². The molecule has 84 valence electrons. The predicted molar refractivity (Wildman–Crippen MR) is 46.4 cm³/mol. The number of rotatable bonds is 2. The predicted octanol–water partition coefficient (Wildman–Crippen LogP) is -0.761. The largest absolute Gasteiger partial charge is 0.503 e. The summed E-state index contributed by atoms with van der Waals surface area (Å²) in [4.78, 5) is 21.0. The first-order valence-corrected chi connectivity index (χ1v) is 3.74. The van der Waals surface area contributed by atoms with Crippen LogP contribution in [0.4, 0.5) is 0 Å². The molecule has 16 heavy (non-hydrogen) atoms. The molecule has 2 N–H and O–H groups in total. The Morgan fingerprint density at radius 2 is 1.94 bits per heavy atom. The molecule has 0 radical (unpaired) electrons. The van der Waals surface area contributed by atoms with Crippen LogP contribution in [0.25, 0.3) is 5.53 Å². The fraction of sp³-hybridized carbons (Fsp3) is 0.167. The molecule has 1 aliphatic rings. The Hall–Kier alpha value is -2.58. The molecule has 0 saturated heterocycles. The van der Waals surface area contributed by atoms with E-state index in [2.05, 4.69) is 4.79 Å². The molecule has 0 amide bonds. The molecule has 1 rings (SSSR count). The summed E-state index contributed by atoms with van der Waals surface area (Å²) in [5.41, 5.74) is 5.40. The highest BCUT2D eigenvalue weighted by Crippen LogP contribution is 2.23. The normalized spacial score (nSPS) is 20.2. The van der Waals surface area contributed by atoms with Gasteiger partial charge < -0.3 is 15.7 Å². The van der Waals surface area contributed by atoms with Crippen molar-refractivity contribution in [3.63, 3.8) is 0 Å². The van der Waals surface area contributed by atoms with Crippen LogP contribution in [0.15, 0.2) is 23.2 Å². The van der Waals surface area contributed by atoms with E-state index in [0.29, 0.717) is 6.08 Å². The summed E-state index contributed by atoms with van der Waals surface area (Å²) in [7, 11) is 0. The van der Waals surface area contributed by atoms with Gasteiger partial charge in [-0.25, -0.2) is 0 Å². The van der Waals surface area contributed by atoms with E-state index in [1.165, 1.54) is 0 Å². The van der Waals surface area contributed by atoms with Crippen LogP contribution >= 0.6 is 0 Å². The van der Waals surface area contributed by atoms with E-state index in [1.807, 2.05) is 0 Å². The van der Waals surface area contributed by atoms with Crippen molar-refractivity contribution in [3.8, 4) is 0 Å². The summed E-state index contributed by atoms with van der Waals surface area (Å²) in [6.07, 6.45) is -1.46. The van der Waals surface area contributed by atoms with Crippen molar-refractivity contribution >= 4 is 5.71 Å². The van der Waals surface area contributed by atoms with Gasteiger partial charge in [0, 0.05) is 0 Å². The van der Waals surface area contributed by atoms with Crippen LogP contribution in [0.2, 0.25) is 0 Å². The van der Waals surface area contributed by atoms with Crippen molar-refractivity contribution < 1.29 is 24.8 Å². The molecular weight excluding hydrogens is 224 g/mol. The van der Waals surface area contributed by atoms with Gasteiger partial charge in [-0.15, -0.1) is 0 Å². The minimum Gasteiger partial charge on any atom is -0.503 e. The highest BCUT2D eigenvalue weighted by Gasteiger charge is 2.45. The molecule has 0 aliphatic heterocycles. The summed E-state index contributed by atoms with van der Waals surface area (Å²) in [6.45, 7) is 0. The lowest BCUT2D eigenvalue weighted by Crippen LogP contribution is -2.31. The van der Waals surface area contributed by atoms with Gasteiger partial charge in [-0.05, 0) is 0 Å². The molecule has 0 heterocycles. The van der Waals surface area contributed by atoms with Gasteiger partial charge in [-0.3, -0.25) is 20.2 Å². The van der Waals surface area contributed by atoms with Gasteiger partial charge in [-0.2, -0.15) is 4.79 Å². The molecule has 1 aliphatic carbocycles. The van der Waals surface area contributed by atoms with E-state index >= 15 is 0 Å². The zero-order valence-corrected chi connectivity index (χ0v) is 7.47. The first-order valence-electron chi connectivity index (χ1n) is 3.74. The van der Waals surface area contributed by atoms with Gasteiger partial charge in [0.05, 0.1) is 9.85 Å². The molecule has 1 unspecified atom stereocenters. The van der Waals surface area contributed by atoms with Crippen molar-refractivity contribution in [1.29, 1.82) is 0 Å². The van der Waals surface area contributed by atoms with E-state index in [4.69, 9.17) is 5.53 Å². The zero-order valence-electron chi connectivity index (χ0n) is 7.47. The van der Waals surface area contributed by atoms with Gasteiger partial charge >= 0.3 is 17.1 Å². The second-order valence-corrected chi connectivity index (χ2v) is 2.71. The van der Waals surface area contributed by atoms with E-state index in [0.717, 1.165) is 0 Å². The van der Waals surface area contributed by atoms with E-state index in [-0.39, 0.29) is 0 Å². The van der Waals surface area contributed by atoms with Crippen LogP contribution in [-0.4, -0.2) is 36.7 Å². The highest BCUT2D eigenvalue weighted by atomic mass is 16.6. The maximum absolute atomic E-state index is 10.5. The minimum absolute atomic E-state index is 0.503. The second kappa shape index (κ2) is 3.88. The van der Waals surface area contributed by atoms with E-state index in [1.54, 1.807) is 0 Å². The van der Waals surface area contributed by atoms with Gasteiger partial charge in [-0.1, -0.05) is 0 Å². The molecule has 0 aromatic carbocycles. The fourth-order valence-electron chi connectivity index (χ4n) is 1.10. The van der Waals surface area contributed by atoms with Crippen LogP contribution in [0.5, 0.6) is 0 Å². The fourth-order valence-corrected chi connectivity index (χ4v) is 1.10. The quantitative estimate of drug-likeness (QED) is 0.273. The third-order valence-electron chi connectivity index (χ3n) is 1.80. The van der Waals surface area contributed by atoms with Crippen molar-refractivity contribution in [2.45, 2.75) is 6.10 Å². The first-order chi connectivity index (χ1) is 7.40.